The second-order valence-corrected chi connectivity index (χ2v) is 7.42. The molecular weight excluding hydrogens is 312 g/mol. The molecule has 5 heteroatoms. The second kappa shape index (κ2) is 11.2. The van der Waals surface area contributed by atoms with Crippen LogP contribution in [0.1, 0.15) is 95.6 Å². The Kier molecular flexibility index (Phi) is 8.84. The minimum absolute atomic E-state index is 0.124. The average molecular weight is 349 g/mol. The lowest BCUT2D eigenvalue weighted by Gasteiger charge is -2.07. The lowest BCUT2D eigenvalue weighted by molar-refractivity contribution is 0.251. The number of anilines is 1. The standard InChI is InChI=1S/C20H36N4O/c1-3-4-5-6-7-8-9-10-11-12-15-21-20(25)22-19-16-18(17-13-14-17)23-24(19)2/h16-17H,3-15H2,1-2H3,(H2,21,22,25). The number of hydrogen-bond acceptors (Lipinski definition) is 2. The zero-order valence-corrected chi connectivity index (χ0v) is 16.1. The number of nitrogens with one attached hydrogen (secondary N) is 2. The number of aromatic nitrogens is 2. The van der Waals surface area contributed by atoms with Gasteiger partial charge in [-0.1, -0.05) is 64.7 Å². The van der Waals surface area contributed by atoms with Gasteiger partial charge in [0.05, 0.1) is 5.69 Å². The Bertz CT molecular complexity index is 508. The molecule has 2 amide bonds. The first-order chi connectivity index (χ1) is 12.2. The van der Waals surface area contributed by atoms with E-state index >= 15 is 0 Å². The summed E-state index contributed by atoms with van der Waals surface area (Å²) >= 11 is 0. The molecule has 1 saturated carbocycles. The van der Waals surface area contributed by atoms with Crippen LogP contribution in [0.25, 0.3) is 0 Å². The van der Waals surface area contributed by atoms with Crippen LogP contribution < -0.4 is 10.6 Å². The van der Waals surface area contributed by atoms with Gasteiger partial charge in [0.2, 0.25) is 0 Å². The SMILES string of the molecule is CCCCCCCCCCCCNC(=O)Nc1cc(C2CC2)nn1C. The summed E-state index contributed by atoms with van der Waals surface area (Å²) in [5.41, 5.74) is 1.10. The van der Waals surface area contributed by atoms with Gasteiger partial charge in [0.1, 0.15) is 5.82 Å². The minimum atomic E-state index is -0.124. The zero-order chi connectivity index (χ0) is 17.9. The van der Waals surface area contributed by atoms with E-state index in [0.29, 0.717) is 5.92 Å². The summed E-state index contributed by atoms with van der Waals surface area (Å²) in [5, 5.41) is 10.3. The highest BCUT2D eigenvalue weighted by molar-refractivity contribution is 5.88. The van der Waals surface area contributed by atoms with Crippen molar-refractivity contribution in [1.29, 1.82) is 0 Å². The summed E-state index contributed by atoms with van der Waals surface area (Å²) in [6.45, 7) is 3.01. The zero-order valence-electron chi connectivity index (χ0n) is 16.1. The lowest BCUT2D eigenvalue weighted by atomic mass is 10.1. The van der Waals surface area contributed by atoms with Crippen LogP contribution in [-0.2, 0) is 7.05 Å². The van der Waals surface area contributed by atoms with E-state index in [1.165, 1.54) is 70.6 Å². The van der Waals surface area contributed by atoms with E-state index in [1.807, 2.05) is 13.1 Å². The molecule has 2 rings (SSSR count). The van der Waals surface area contributed by atoms with Crippen LogP contribution in [-0.4, -0.2) is 22.4 Å². The fourth-order valence-electron chi connectivity index (χ4n) is 3.16. The Labute approximate surface area is 152 Å². The molecular formula is C20H36N4O. The molecule has 25 heavy (non-hydrogen) atoms. The number of aryl methyl sites for hydroxylation is 1. The minimum Gasteiger partial charge on any atom is -0.338 e. The highest BCUT2D eigenvalue weighted by Crippen LogP contribution is 2.39. The van der Waals surface area contributed by atoms with E-state index in [-0.39, 0.29) is 6.03 Å². The van der Waals surface area contributed by atoms with Crippen LogP contribution in [0.2, 0.25) is 0 Å². The van der Waals surface area contributed by atoms with E-state index < -0.39 is 0 Å². The second-order valence-electron chi connectivity index (χ2n) is 7.42. The number of urea groups is 1. The molecule has 0 radical (unpaired) electrons. The van der Waals surface area contributed by atoms with Crippen LogP contribution in [0, 0.1) is 0 Å². The van der Waals surface area contributed by atoms with Gasteiger partial charge in [-0.3, -0.25) is 10.00 Å². The maximum absolute atomic E-state index is 12.0. The fourth-order valence-corrected chi connectivity index (χ4v) is 3.16. The molecule has 0 saturated heterocycles. The average Bonchev–Trinajstić information content (AvgIpc) is 3.38. The highest BCUT2D eigenvalue weighted by Gasteiger charge is 2.27. The molecule has 0 unspecified atom stereocenters. The number of amides is 2. The van der Waals surface area contributed by atoms with Crippen molar-refractivity contribution in [3.05, 3.63) is 11.8 Å². The van der Waals surface area contributed by atoms with E-state index in [0.717, 1.165) is 24.5 Å². The predicted molar refractivity (Wildman–Crippen MR) is 104 cm³/mol. The summed E-state index contributed by atoms with van der Waals surface area (Å²) in [4.78, 5) is 12.0. The highest BCUT2D eigenvalue weighted by atomic mass is 16.2. The quantitative estimate of drug-likeness (QED) is 0.473. The molecule has 0 aliphatic heterocycles. The van der Waals surface area contributed by atoms with Gasteiger partial charge in [0, 0.05) is 25.6 Å². The number of carbonyl (C=O) groups is 1. The first-order valence-electron chi connectivity index (χ1n) is 10.3. The lowest BCUT2D eigenvalue weighted by Crippen LogP contribution is -2.30. The molecule has 1 aliphatic carbocycles. The summed E-state index contributed by atoms with van der Waals surface area (Å²) in [6.07, 6.45) is 15.6. The number of nitrogens with zero attached hydrogens (tertiary/aromatic N) is 2. The topological polar surface area (TPSA) is 59.0 Å². The van der Waals surface area contributed by atoms with E-state index in [9.17, 15) is 4.79 Å². The molecule has 0 spiro atoms. The fraction of sp³-hybridized carbons (Fsp3) is 0.800. The summed E-state index contributed by atoms with van der Waals surface area (Å²) in [5.74, 6) is 1.39. The Morgan fingerprint density at radius 3 is 2.28 bits per heavy atom. The van der Waals surface area contributed by atoms with Crippen LogP contribution in [0.3, 0.4) is 0 Å². The molecule has 0 bridgehead atoms. The molecule has 1 aromatic heterocycles. The number of unbranched alkanes of at least 4 members (excludes halogenated alkanes) is 9. The number of carbonyl (C=O) groups excluding carboxylic acids is 1. The van der Waals surface area contributed by atoms with Crippen molar-refractivity contribution in [2.75, 3.05) is 11.9 Å². The molecule has 0 aromatic carbocycles. The van der Waals surface area contributed by atoms with Crippen LogP contribution >= 0.6 is 0 Å². The molecule has 5 nitrogen and oxygen atoms in total. The third kappa shape index (κ3) is 7.93. The van der Waals surface area contributed by atoms with E-state index in [4.69, 9.17) is 0 Å². The number of hydrogen-bond donors (Lipinski definition) is 2. The van der Waals surface area contributed by atoms with Crippen molar-refractivity contribution in [2.45, 2.75) is 89.9 Å². The monoisotopic (exact) mass is 348 g/mol. The van der Waals surface area contributed by atoms with Crippen molar-refractivity contribution >= 4 is 11.8 Å². The molecule has 1 aromatic rings. The molecule has 1 heterocycles. The van der Waals surface area contributed by atoms with E-state index in [1.54, 1.807) is 4.68 Å². The van der Waals surface area contributed by atoms with Gasteiger partial charge in [0.25, 0.3) is 0 Å². The van der Waals surface area contributed by atoms with Crippen LogP contribution in [0.4, 0.5) is 10.6 Å². The van der Waals surface area contributed by atoms with E-state index in [2.05, 4.69) is 22.7 Å². The summed E-state index contributed by atoms with van der Waals surface area (Å²) in [6, 6.07) is 1.87. The Morgan fingerprint density at radius 2 is 1.68 bits per heavy atom. The Balaban J connectivity index is 1.45. The molecule has 2 N–H and O–H groups in total. The molecule has 1 fully saturated rings. The maximum Gasteiger partial charge on any atom is 0.320 e. The third-order valence-corrected chi connectivity index (χ3v) is 4.95. The van der Waals surface area contributed by atoms with Crippen molar-refractivity contribution in [3.63, 3.8) is 0 Å². The summed E-state index contributed by atoms with van der Waals surface area (Å²) < 4.78 is 1.76. The van der Waals surface area contributed by atoms with Gasteiger partial charge in [-0.15, -0.1) is 0 Å². The van der Waals surface area contributed by atoms with Crippen molar-refractivity contribution in [2.24, 2.45) is 7.05 Å². The van der Waals surface area contributed by atoms with Crippen molar-refractivity contribution in [1.82, 2.24) is 15.1 Å². The van der Waals surface area contributed by atoms with Gasteiger partial charge < -0.3 is 5.32 Å². The first-order valence-corrected chi connectivity index (χ1v) is 10.3. The van der Waals surface area contributed by atoms with Crippen LogP contribution in [0.15, 0.2) is 6.07 Å². The largest absolute Gasteiger partial charge is 0.338 e. The Hall–Kier alpha value is -1.52. The van der Waals surface area contributed by atoms with Gasteiger partial charge in [-0.2, -0.15) is 5.10 Å². The van der Waals surface area contributed by atoms with Gasteiger partial charge in [-0.25, -0.2) is 4.79 Å². The smallest absolute Gasteiger partial charge is 0.320 e. The maximum atomic E-state index is 12.0. The van der Waals surface area contributed by atoms with Crippen molar-refractivity contribution in [3.8, 4) is 0 Å². The number of rotatable bonds is 13. The van der Waals surface area contributed by atoms with Gasteiger partial charge in [0.15, 0.2) is 0 Å². The molecule has 142 valence electrons. The Morgan fingerprint density at radius 1 is 1.08 bits per heavy atom. The molecule has 1 aliphatic rings. The van der Waals surface area contributed by atoms with Crippen molar-refractivity contribution < 1.29 is 4.79 Å². The first kappa shape index (κ1) is 19.8. The van der Waals surface area contributed by atoms with Crippen LogP contribution in [0.5, 0.6) is 0 Å². The summed E-state index contributed by atoms with van der Waals surface area (Å²) in [7, 11) is 1.88. The molecule has 0 atom stereocenters. The van der Waals surface area contributed by atoms with Gasteiger partial charge >= 0.3 is 6.03 Å². The third-order valence-electron chi connectivity index (χ3n) is 4.95. The van der Waals surface area contributed by atoms with Gasteiger partial charge in [-0.05, 0) is 19.3 Å². The normalized spacial score (nSPS) is 13.8. The predicted octanol–water partition coefficient (Wildman–Crippen LogP) is 5.34.